The van der Waals surface area contributed by atoms with Gasteiger partial charge in [0, 0.05) is 16.7 Å². The molecule has 4 nitrogen and oxygen atoms in total. The SMILES string of the molecule is O=C(O)c1cc(-c2cc(Cl)cc(C(F)(F)F)c2)on1. The first-order valence-electron chi connectivity index (χ1n) is 4.85. The summed E-state index contributed by atoms with van der Waals surface area (Å²) in [7, 11) is 0. The van der Waals surface area contributed by atoms with Crippen molar-refractivity contribution in [1.82, 2.24) is 5.16 Å². The molecule has 1 heterocycles. The molecule has 0 radical (unpaired) electrons. The topological polar surface area (TPSA) is 63.3 Å². The van der Waals surface area contributed by atoms with Crippen molar-refractivity contribution in [2.45, 2.75) is 6.18 Å². The van der Waals surface area contributed by atoms with Crippen LogP contribution in [-0.2, 0) is 6.18 Å². The Balaban J connectivity index is 2.50. The van der Waals surface area contributed by atoms with Gasteiger partial charge in [-0.2, -0.15) is 13.2 Å². The second-order valence-corrected chi connectivity index (χ2v) is 4.04. The number of halogens is 4. The van der Waals surface area contributed by atoms with Gasteiger partial charge in [0.1, 0.15) is 0 Å². The van der Waals surface area contributed by atoms with Crippen molar-refractivity contribution in [3.63, 3.8) is 0 Å². The van der Waals surface area contributed by atoms with Gasteiger partial charge >= 0.3 is 12.1 Å². The third kappa shape index (κ3) is 2.87. The van der Waals surface area contributed by atoms with Gasteiger partial charge in [0.2, 0.25) is 0 Å². The van der Waals surface area contributed by atoms with E-state index in [0.717, 1.165) is 18.2 Å². The molecule has 0 bridgehead atoms. The monoisotopic (exact) mass is 291 g/mol. The first kappa shape index (κ1) is 13.4. The first-order chi connectivity index (χ1) is 8.77. The van der Waals surface area contributed by atoms with Crippen molar-refractivity contribution >= 4 is 17.6 Å². The summed E-state index contributed by atoms with van der Waals surface area (Å²) in [4.78, 5) is 10.6. The summed E-state index contributed by atoms with van der Waals surface area (Å²) in [5.41, 5.74) is -1.35. The van der Waals surface area contributed by atoms with Crippen LogP contribution in [0.2, 0.25) is 5.02 Å². The Morgan fingerprint density at radius 2 is 1.95 bits per heavy atom. The Hall–Kier alpha value is -2.02. The van der Waals surface area contributed by atoms with Gasteiger partial charge in [0.05, 0.1) is 5.56 Å². The predicted octanol–water partition coefficient (Wildman–Crippen LogP) is 3.71. The molecular weight excluding hydrogens is 287 g/mol. The molecule has 0 aliphatic carbocycles. The second kappa shape index (κ2) is 4.58. The van der Waals surface area contributed by atoms with Gasteiger partial charge in [0.25, 0.3) is 0 Å². The standard InChI is InChI=1S/C11H5ClF3NO3/c12-7-2-5(1-6(3-7)11(13,14)15)9-4-8(10(17)18)16-19-9/h1-4H,(H,17,18). The van der Waals surface area contributed by atoms with Crippen molar-refractivity contribution < 1.29 is 27.6 Å². The Morgan fingerprint density at radius 3 is 2.47 bits per heavy atom. The number of rotatable bonds is 2. The normalized spacial score (nSPS) is 11.6. The van der Waals surface area contributed by atoms with Crippen LogP contribution in [0.25, 0.3) is 11.3 Å². The van der Waals surface area contributed by atoms with Crippen LogP contribution in [0.5, 0.6) is 0 Å². The molecule has 1 N–H and O–H groups in total. The van der Waals surface area contributed by atoms with Crippen LogP contribution in [0.1, 0.15) is 16.1 Å². The highest BCUT2D eigenvalue weighted by atomic mass is 35.5. The highest BCUT2D eigenvalue weighted by molar-refractivity contribution is 6.31. The summed E-state index contributed by atoms with van der Waals surface area (Å²) >= 11 is 5.60. The Morgan fingerprint density at radius 1 is 1.26 bits per heavy atom. The van der Waals surface area contributed by atoms with Gasteiger partial charge in [-0.25, -0.2) is 4.79 Å². The minimum absolute atomic E-state index is 0.000162. The number of carbonyl (C=O) groups is 1. The van der Waals surface area contributed by atoms with Crippen LogP contribution < -0.4 is 0 Å². The molecule has 1 aromatic carbocycles. The molecule has 0 spiro atoms. The molecule has 0 aliphatic heterocycles. The Labute approximate surface area is 109 Å². The fourth-order valence-corrected chi connectivity index (χ4v) is 1.64. The lowest BCUT2D eigenvalue weighted by atomic mass is 10.1. The van der Waals surface area contributed by atoms with Crippen molar-refractivity contribution in [3.8, 4) is 11.3 Å². The zero-order valence-corrected chi connectivity index (χ0v) is 9.79. The molecule has 2 rings (SSSR count). The van der Waals surface area contributed by atoms with E-state index in [1.807, 2.05) is 0 Å². The van der Waals surface area contributed by atoms with E-state index in [0.29, 0.717) is 0 Å². The van der Waals surface area contributed by atoms with Crippen molar-refractivity contribution in [1.29, 1.82) is 0 Å². The van der Waals surface area contributed by atoms with Crippen molar-refractivity contribution in [2.24, 2.45) is 0 Å². The van der Waals surface area contributed by atoms with Gasteiger partial charge < -0.3 is 9.63 Å². The molecule has 0 unspecified atom stereocenters. The maximum absolute atomic E-state index is 12.6. The summed E-state index contributed by atoms with van der Waals surface area (Å²) in [6, 6.07) is 3.81. The number of carboxylic acid groups (broad SMARTS) is 1. The number of hydrogen-bond acceptors (Lipinski definition) is 3. The van der Waals surface area contributed by atoms with E-state index in [9.17, 15) is 18.0 Å². The van der Waals surface area contributed by atoms with E-state index in [1.165, 1.54) is 6.07 Å². The van der Waals surface area contributed by atoms with Crippen molar-refractivity contribution in [3.05, 3.63) is 40.5 Å². The fourth-order valence-electron chi connectivity index (χ4n) is 1.41. The largest absolute Gasteiger partial charge is 0.476 e. The van der Waals surface area contributed by atoms with E-state index >= 15 is 0 Å². The summed E-state index contributed by atoms with van der Waals surface area (Å²) < 4.78 is 42.5. The second-order valence-electron chi connectivity index (χ2n) is 3.61. The zero-order chi connectivity index (χ0) is 14.2. The number of hydrogen-bond donors (Lipinski definition) is 1. The van der Waals surface area contributed by atoms with Gasteiger partial charge in [0.15, 0.2) is 11.5 Å². The smallest absolute Gasteiger partial charge is 0.416 e. The summed E-state index contributed by atoms with van der Waals surface area (Å²) in [6.07, 6.45) is -4.56. The molecular formula is C11H5ClF3NO3. The quantitative estimate of drug-likeness (QED) is 0.916. The van der Waals surface area contributed by atoms with E-state index in [1.54, 1.807) is 0 Å². The van der Waals surface area contributed by atoms with Gasteiger partial charge in [-0.3, -0.25) is 0 Å². The number of carboxylic acids is 1. The molecule has 0 fully saturated rings. The number of aromatic carboxylic acids is 1. The zero-order valence-electron chi connectivity index (χ0n) is 9.03. The van der Waals surface area contributed by atoms with Gasteiger partial charge in [-0.1, -0.05) is 16.8 Å². The molecule has 0 atom stereocenters. The van der Waals surface area contributed by atoms with Crippen LogP contribution in [-0.4, -0.2) is 16.2 Å². The molecule has 1 aromatic heterocycles. The summed E-state index contributed by atoms with van der Waals surface area (Å²) in [6.45, 7) is 0. The highest BCUT2D eigenvalue weighted by Crippen LogP contribution is 2.34. The Bertz CT molecular complexity index is 636. The lowest BCUT2D eigenvalue weighted by Gasteiger charge is -2.08. The predicted molar refractivity (Wildman–Crippen MR) is 58.9 cm³/mol. The summed E-state index contributed by atoms with van der Waals surface area (Å²) in [5, 5.41) is 11.7. The lowest BCUT2D eigenvalue weighted by molar-refractivity contribution is -0.137. The number of nitrogens with zero attached hydrogens (tertiary/aromatic N) is 1. The molecule has 0 aliphatic rings. The molecule has 2 aromatic rings. The average Bonchev–Trinajstić information content (AvgIpc) is 2.76. The van der Waals surface area contributed by atoms with E-state index < -0.39 is 23.4 Å². The van der Waals surface area contributed by atoms with E-state index in [-0.39, 0.29) is 16.3 Å². The average molecular weight is 292 g/mol. The molecule has 8 heteroatoms. The van der Waals surface area contributed by atoms with E-state index in [2.05, 4.69) is 9.68 Å². The molecule has 19 heavy (non-hydrogen) atoms. The maximum atomic E-state index is 12.6. The first-order valence-corrected chi connectivity index (χ1v) is 5.23. The third-order valence-electron chi connectivity index (χ3n) is 2.24. The maximum Gasteiger partial charge on any atom is 0.416 e. The van der Waals surface area contributed by atoms with Gasteiger partial charge in [-0.05, 0) is 18.2 Å². The van der Waals surface area contributed by atoms with Crippen LogP contribution in [0.15, 0.2) is 28.8 Å². The lowest BCUT2D eigenvalue weighted by Crippen LogP contribution is -2.04. The van der Waals surface area contributed by atoms with Crippen LogP contribution in [0.4, 0.5) is 13.2 Å². The fraction of sp³-hybridized carbons (Fsp3) is 0.0909. The van der Waals surface area contributed by atoms with Crippen LogP contribution >= 0.6 is 11.6 Å². The van der Waals surface area contributed by atoms with Crippen LogP contribution in [0, 0.1) is 0 Å². The van der Waals surface area contributed by atoms with Gasteiger partial charge in [-0.15, -0.1) is 0 Å². The number of aromatic nitrogens is 1. The Kier molecular flexibility index (Phi) is 3.23. The highest BCUT2D eigenvalue weighted by Gasteiger charge is 2.31. The van der Waals surface area contributed by atoms with E-state index in [4.69, 9.17) is 16.7 Å². The molecule has 100 valence electrons. The molecule has 0 amide bonds. The third-order valence-corrected chi connectivity index (χ3v) is 2.46. The minimum Gasteiger partial charge on any atom is -0.476 e. The minimum atomic E-state index is -4.56. The number of alkyl halides is 3. The summed E-state index contributed by atoms with van der Waals surface area (Å²) in [5.74, 6) is -1.45. The molecule has 0 saturated carbocycles. The molecule has 0 saturated heterocycles. The van der Waals surface area contributed by atoms with Crippen LogP contribution in [0.3, 0.4) is 0 Å². The van der Waals surface area contributed by atoms with Crippen molar-refractivity contribution in [2.75, 3.05) is 0 Å². The number of benzene rings is 1.